The summed E-state index contributed by atoms with van der Waals surface area (Å²) in [6.45, 7) is 50.5. The van der Waals surface area contributed by atoms with Crippen molar-refractivity contribution in [1.29, 1.82) is 31.6 Å². The number of benzene rings is 3. The van der Waals surface area contributed by atoms with E-state index in [1.54, 1.807) is 112 Å². The second-order valence-electron chi connectivity index (χ2n) is 26.1. The first kappa shape index (κ1) is 82.2. The minimum Gasteiger partial charge on any atom is -0.256 e. The van der Waals surface area contributed by atoms with Gasteiger partial charge >= 0.3 is 34.0 Å². The molecule has 0 saturated heterocycles. The minimum absolute atomic E-state index is 0.00298. The van der Waals surface area contributed by atoms with Gasteiger partial charge in [0.2, 0.25) is 0 Å². The fraction of sp³-hybridized carbons (Fsp3) is 0.140. The van der Waals surface area contributed by atoms with Gasteiger partial charge in [0, 0.05) is 145 Å². The lowest BCUT2D eigenvalue weighted by Crippen LogP contribution is -2.25. The van der Waals surface area contributed by atoms with Crippen molar-refractivity contribution < 1.29 is 39.5 Å². The van der Waals surface area contributed by atoms with Crippen LogP contribution >= 0.6 is 35.3 Å². The first-order valence-electron chi connectivity index (χ1n) is 34.7. The van der Waals surface area contributed by atoms with Crippen LogP contribution < -0.4 is 31.3 Å². The van der Waals surface area contributed by atoms with Gasteiger partial charge in [-0.15, -0.1) is 0 Å². The lowest BCUT2D eigenvalue weighted by atomic mass is 9.88. The molecular formula is C86H41F9N22S3. The lowest BCUT2D eigenvalue weighted by molar-refractivity contribution is -0.0327. The number of thioether (sulfide) groups is 3. The highest BCUT2D eigenvalue weighted by Crippen LogP contribution is 2.51. The molecule has 0 unspecified atom stereocenters. The van der Waals surface area contributed by atoms with E-state index >= 15 is 0 Å². The summed E-state index contributed by atoms with van der Waals surface area (Å²) < 4.78 is 126. The number of pyridine rings is 2. The number of halogens is 9. The van der Waals surface area contributed by atoms with Gasteiger partial charge in [-0.1, -0.05) is 12.1 Å². The Hall–Kier alpha value is -15.8. The Labute approximate surface area is 687 Å². The Balaban J connectivity index is 0.000000156. The van der Waals surface area contributed by atoms with Crippen LogP contribution in [-0.4, -0.2) is 66.4 Å². The quantitative estimate of drug-likeness (QED) is 0.0736. The highest BCUT2D eigenvalue weighted by molar-refractivity contribution is 8.09. The van der Waals surface area contributed by atoms with E-state index in [0.29, 0.717) is 133 Å². The van der Waals surface area contributed by atoms with Crippen LogP contribution in [0.5, 0.6) is 0 Å². The molecule has 0 spiro atoms. The second kappa shape index (κ2) is 33.6. The smallest absolute Gasteiger partial charge is 0.256 e. The summed E-state index contributed by atoms with van der Waals surface area (Å²) in [6.07, 6.45) is 17.5. The Bertz CT molecular complexity index is 6440. The van der Waals surface area contributed by atoms with Gasteiger partial charge in [0.15, 0.2) is 11.6 Å². The van der Waals surface area contributed by atoms with Gasteiger partial charge in [-0.2, -0.15) is 100 Å². The van der Waals surface area contributed by atoms with Crippen LogP contribution in [0.2, 0.25) is 0 Å². The van der Waals surface area contributed by atoms with Crippen molar-refractivity contribution >= 4 is 66.7 Å². The van der Waals surface area contributed by atoms with E-state index in [1.807, 2.05) is 0 Å². The maximum absolute atomic E-state index is 14.0. The summed E-state index contributed by atoms with van der Waals surface area (Å²) in [5.41, 5.74) is -4.82. The van der Waals surface area contributed by atoms with E-state index in [2.05, 4.69) is 78.9 Å². The van der Waals surface area contributed by atoms with Gasteiger partial charge in [0.05, 0.1) is 28.1 Å². The summed E-state index contributed by atoms with van der Waals surface area (Å²) in [5.74, 6) is -0.0480. The van der Waals surface area contributed by atoms with Crippen molar-refractivity contribution in [1.82, 2.24) is 49.8 Å². The molecule has 0 fully saturated rings. The topological polar surface area (TPSA) is 298 Å². The van der Waals surface area contributed by atoms with Crippen molar-refractivity contribution in [3.05, 3.63) is 324 Å². The molecule has 34 heteroatoms. The first-order chi connectivity index (χ1) is 57.7. The average molecular weight is 1650 g/mol. The minimum atomic E-state index is -4.75. The number of alkyl halides is 9. The molecule has 0 aliphatic heterocycles. The standard InChI is InChI=1S/C30H15F3N6S.2C28H13F3N8S/c1-16-18(29(36-2)37-3)12-20-24(16)25(22-8-4-6-10-38-22)21-13-19(17(14-34)15-35)28(40-30(31,32)33)27(21)26(20)23-9-5-7-11-39-23;1-14-18(27(34-2)35-3)4-20-22(14)23(16-8-36-12-37-9-16)21-5-19(15(6-32)7-33)26(40-28(29,30)31)25(21)24(20)17-10-38-13-39-11-17;1-14-16(25(34-2)35-3)10-18-20(14)22(26-36-6-4-7-37-26)19-11-17(15(12-32)13-33)24(40-28(29,30)31)21(19)23(18)27-38-8-5-9-39-27/h4-11H,12-13H2,1H3;8-13H,4-5H2,1H3;4-9H,10-11H2,1H3. The SMILES string of the molecule is [C-]#[N+]C([N+]#[C-])=C1Cc2c(-c3ccccn3)c3c(c(-c4ccccn4)c2=C1C)CC(=C(C#N)C#N)C=3SC(F)(F)F.[C-]#[N+]C([N+]#[C-])=C1Cc2c(-c3cncnc3)c3c(c(-c4cncnc4)c2=C1C)CC(=C(C#N)C#N)C=3SC(F)(F)F.[C-]#[N+]C([N+]#[C-])=C1Cc2c(-c3ncccn3)c3c(c(-c4ncccn4)c2=C1C)CC(=C(C#N)C#N)C=3SC(F)(F)F. The van der Waals surface area contributed by atoms with Crippen LogP contribution in [0.25, 0.3) is 128 Å². The third-order valence-electron chi connectivity index (χ3n) is 20.0. The van der Waals surface area contributed by atoms with E-state index in [0.717, 1.165) is 0 Å². The number of rotatable bonds is 9. The van der Waals surface area contributed by atoms with Crippen LogP contribution in [0.1, 0.15) is 54.2 Å². The van der Waals surface area contributed by atoms with Gasteiger partial charge in [-0.25, -0.2) is 39.9 Å². The van der Waals surface area contributed by atoms with Crippen molar-refractivity contribution in [2.24, 2.45) is 0 Å². The normalized spacial score (nSPS) is 13.6. The molecular weight excluding hydrogens is 1610 g/mol. The molecule has 15 rings (SSSR count). The third kappa shape index (κ3) is 15.1. The Morgan fingerprint density at radius 2 is 0.583 bits per heavy atom. The molecule has 22 nitrogen and oxygen atoms in total. The number of nitriles is 6. The van der Waals surface area contributed by atoms with Gasteiger partial charge in [0.1, 0.15) is 105 Å². The Morgan fingerprint density at radius 1 is 0.333 bits per heavy atom. The zero-order valence-electron chi connectivity index (χ0n) is 61.8. The van der Waals surface area contributed by atoms with Gasteiger partial charge in [-0.3, -0.25) is 9.97 Å². The van der Waals surface area contributed by atoms with Gasteiger partial charge in [0.25, 0.3) is 0 Å². The highest BCUT2D eigenvalue weighted by Gasteiger charge is 2.45. The predicted molar refractivity (Wildman–Crippen MR) is 424 cm³/mol. The third-order valence-corrected chi connectivity index (χ3v) is 22.7. The van der Waals surface area contributed by atoms with Crippen molar-refractivity contribution in [2.75, 3.05) is 0 Å². The van der Waals surface area contributed by atoms with Crippen LogP contribution in [0.3, 0.4) is 0 Å². The molecule has 6 aliphatic carbocycles. The molecule has 3 aromatic carbocycles. The van der Waals surface area contributed by atoms with E-state index in [1.165, 1.54) is 68.4 Å². The van der Waals surface area contributed by atoms with Crippen molar-refractivity contribution in [2.45, 2.75) is 75.8 Å². The van der Waals surface area contributed by atoms with E-state index in [-0.39, 0.29) is 144 Å². The second-order valence-corrected chi connectivity index (χ2v) is 29.3. The van der Waals surface area contributed by atoms with Crippen LogP contribution in [0.4, 0.5) is 39.5 Å². The number of allylic oxidation sites excluding steroid dienone is 6. The summed E-state index contributed by atoms with van der Waals surface area (Å²) in [5, 5.41) is 60.5. The largest absolute Gasteiger partial charge is 0.523 e. The highest BCUT2D eigenvalue weighted by atomic mass is 32.2. The summed E-state index contributed by atoms with van der Waals surface area (Å²) in [7, 11) is 0. The van der Waals surface area contributed by atoms with Crippen LogP contribution in [0, 0.1) is 107 Å². The molecule has 9 aromatic rings. The monoisotopic (exact) mass is 1650 g/mol. The molecule has 0 amide bonds. The fourth-order valence-electron chi connectivity index (χ4n) is 15.6. The number of hydrogen-bond donors (Lipinski definition) is 0. The molecule has 576 valence electrons. The summed E-state index contributed by atoms with van der Waals surface area (Å²) in [6, 6.07) is 24.0. The number of nitrogens with zero attached hydrogens (tertiary/aromatic N) is 22. The number of aromatic nitrogens is 10. The number of hydrogen-bond acceptors (Lipinski definition) is 19. The van der Waals surface area contributed by atoms with E-state index < -0.39 is 45.0 Å². The lowest BCUT2D eigenvalue weighted by Gasteiger charge is -2.16. The molecule has 0 N–H and O–H groups in total. The maximum Gasteiger partial charge on any atom is 0.523 e. The van der Waals surface area contributed by atoms with Crippen LogP contribution in [-0.2, 0) is 38.5 Å². The molecule has 0 saturated carbocycles. The first-order valence-corrected chi connectivity index (χ1v) is 37.2. The zero-order valence-corrected chi connectivity index (χ0v) is 64.2. The molecule has 6 aromatic heterocycles. The predicted octanol–water partition coefficient (Wildman–Crippen LogP) is 15.1. The van der Waals surface area contributed by atoms with E-state index in [4.69, 9.17) is 39.4 Å². The average Bonchev–Trinajstić information content (AvgIpc) is 1.56. The van der Waals surface area contributed by atoms with Gasteiger partial charge in [-0.05, 0) is 205 Å². The van der Waals surface area contributed by atoms with E-state index in [9.17, 15) is 71.1 Å². The molecule has 0 bridgehead atoms. The van der Waals surface area contributed by atoms with Crippen molar-refractivity contribution in [3.8, 4) is 104 Å². The fourth-order valence-corrected chi connectivity index (χ4v) is 18.2. The van der Waals surface area contributed by atoms with Crippen LogP contribution in [0.15, 0.2) is 191 Å². The van der Waals surface area contributed by atoms with Gasteiger partial charge < -0.3 is 0 Å². The zero-order chi connectivity index (χ0) is 85.8. The van der Waals surface area contributed by atoms with Crippen molar-refractivity contribution in [3.63, 3.8) is 0 Å². The molecule has 6 heterocycles. The summed E-state index contributed by atoms with van der Waals surface area (Å²) in [4.78, 5) is 62.4. The summed E-state index contributed by atoms with van der Waals surface area (Å²) >= 11 is -1.15. The Kier molecular flexibility index (Phi) is 23.0. The Morgan fingerprint density at radius 3 is 0.908 bits per heavy atom. The molecule has 0 atom stereocenters. The number of fused-ring (bicyclic) bond motifs is 6. The maximum atomic E-state index is 14.0. The molecule has 120 heavy (non-hydrogen) atoms. The molecule has 6 aliphatic rings. The molecule has 0 radical (unpaired) electrons.